The van der Waals surface area contributed by atoms with Crippen molar-refractivity contribution < 1.29 is 9.84 Å². The Morgan fingerprint density at radius 1 is 1.19 bits per heavy atom. The Kier molecular flexibility index (Phi) is 5.11. The van der Waals surface area contributed by atoms with Crippen LogP contribution in [0.4, 0.5) is 0 Å². The molecule has 2 aromatic carbocycles. The van der Waals surface area contributed by atoms with Gasteiger partial charge in [-0.25, -0.2) is 9.67 Å². The molecular formula is C20H18ClN3O2S. The number of aryl methyl sites for hydroxylation is 1. The van der Waals surface area contributed by atoms with E-state index in [0.717, 1.165) is 38.0 Å². The summed E-state index contributed by atoms with van der Waals surface area (Å²) in [7, 11) is 1.65. The first kappa shape index (κ1) is 18.0. The highest BCUT2D eigenvalue weighted by atomic mass is 35.5. The summed E-state index contributed by atoms with van der Waals surface area (Å²) in [6.45, 7) is 0.140. The smallest absolute Gasteiger partial charge is 0.212 e. The molecule has 27 heavy (non-hydrogen) atoms. The van der Waals surface area contributed by atoms with E-state index in [2.05, 4.69) is 0 Å². The van der Waals surface area contributed by atoms with Crippen LogP contribution in [0.1, 0.15) is 12.1 Å². The van der Waals surface area contributed by atoms with Gasteiger partial charge in [0.05, 0.1) is 23.2 Å². The molecule has 0 aliphatic rings. The maximum atomic E-state index is 9.15. The molecule has 0 amide bonds. The number of ether oxygens (including phenoxy) is 1. The van der Waals surface area contributed by atoms with Gasteiger partial charge in [-0.15, -0.1) is 0 Å². The Morgan fingerprint density at radius 3 is 2.74 bits per heavy atom. The number of nitrogens with zero attached hydrogens (tertiary/aromatic N) is 3. The number of para-hydroxylation sites is 1. The minimum atomic E-state index is 0.140. The Morgan fingerprint density at radius 2 is 2.00 bits per heavy atom. The molecule has 7 heteroatoms. The van der Waals surface area contributed by atoms with Crippen molar-refractivity contribution in [2.24, 2.45) is 0 Å². The van der Waals surface area contributed by atoms with Crippen molar-refractivity contribution >= 4 is 33.2 Å². The minimum Gasteiger partial charge on any atom is -0.494 e. The molecule has 0 aliphatic carbocycles. The summed E-state index contributed by atoms with van der Waals surface area (Å²) in [5.41, 5.74) is 3.70. The first-order valence-electron chi connectivity index (χ1n) is 8.59. The summed E-state index contributed by atoms with van der Waals surface area (Å²) in [5, 5.41) is 15.4. The summed E-state index contributed by atoms with van der Waals surface area (Å²) in [5.74, 6) is 0.746. The Hall–Kier alpha value is -2.41. The molecule has 0 saturated heterocycles. The van der Waals surface area contributed by atoms with E-state index in [9.17, 15) is 0 Å². The molecule has 1 N–H and O–H groups in total. The van der Waals surface area contributed by atoms with Gasteiger partial charge in [-0.05, 0) is 43.2 Å². The molecule has 0 spiro atoms. The van der Waals surface area contributed by atoms with Crippen LogP contribution in [0, 0.1) is 0 Å². The van der Waals surface area contributed by atoms with Gasteiger partial charge in [0.1, 0.15) is 11.3 Å². The lowest BCUT2D eigenvalue weighted by Gasteiger charge is -2.04. The average molecular weight is 400 g/mol. The number of rotatable bonds is 6. The highest BCUT2D eigenvalue weighted by Crippen LogP contribution is 2.34. The second-order valence-electron chi connectivity index (χ2n) is 6.07. The lowest BCUT2D eigenvalue weighted by atomic mass is 10.1. The summed E-state index contributed by atoms with van der Waals surface area (Å²) >= 11 is 7.61. The quantitative estimate of drug-likeness (QED) is 0.509. The highest BCUT2D eigenvalue weighted by molar-refractivity contribution is 7.20. The number of thiazole rings is 1. The van der Waals surface area contributed by atoms with Crippen LogP contribution in [0.3, 0.4) is 0 Å². The van der Waals surface area contributed by atoms with Crippen molar-refractivity contribution in [2.75, 3.05) is 13.7 Å². The van der Waals surface area contributed by atoms with Gasteiger partial charge in [0.25, 0.3) is 0 Å². The van der Waals surface area contributed by atoms with Crippen molar-refractivity contribution in [1.29, 1.82) is 0 Å². The van der Waals surface area contributed by atoms with Gasteiger partial charge in [-0.1, -0.05) is 41.1 Å². The van der Waals surface area contributed by atoms with Crippen LogP contribution in [0.15, 0.2) is 48.5 Å². The molecule has 2 aromatic heterocycles. The van der Waals surface area contributed by atoms with Gasteiger partial charge in [-0.2, -0.15) is 5.10 Å². The van der Waals surface area contributed by atoms with Gasteiger partial charge in [0.2, 0.25) is 5.13 Å². The third-order valence-corrected chi connectivity index (χ3v) is 5.51. The molecule has 4 aromatic rings. The average Bonchev–Trinajstić information content (AvgIpc) is 3.30. The lowest BCUT2D eigenvalue weighted by Crippen LogP contribution is -1.99. The molecule has 138 valence electrons. The maximum Gasteiger partial charge on any atom is 0.212 e. The van der Waals surface area contributed by atoms with Gasteiger partial charge >= 0.3 is 0 Å². The zero-order chi connectivity index (χ0) is 18.8. The fraction of sp³-hybridized carbons (Fsp3) is 0.200. The zero-order valence-corrected chi connectivity index (χ0v) is 16.3. The van der Waals surface area contributed by atoms with Crippen LogP contribution < -0.4 is 4.74 Å². The molecule has 4 rings (SSSR count). The molecular weight excluding hydrogens is 382 g/mol. The van der Waals surface area contributed by atoms with Crippen LogP contribution in [-0.4, -0.2) is 33.6 Å². The topological polar surface area (TPSA) is 60.2 Å². The minimum absolute atomic E-state index is 0.140. The van der Waals surface area contributed by atoms with Gasteiger partial charge < -0.3 is 9.84 Å². The number of aliphatic hydroxyl groups excluding tert-OH is 1. The second kappa shape index (κ2) is 7.68. The standard InChI is InChI=1S/C20H18ClN3O2S/c1-26-17-5-2-6-18-19(17)22-20(27-18)24-16(12-15(23-24)4-3-11-25)13-7-9-14(21)10-8-13/h2,5-10,12,25H,3-4,11H2,1H3. The zero-order valence-electron chi connectivity index (χ0n) is 14.7. The van der Waals surface area contributed by atoms with E-state index in [4.69, 9.17) is 31.5 Å². The van der Waals surface area contributed by atoms with E-state index in [0.29, 0.717) is 17.9 Å². The van der Waals surface area contributed by atoms with Crippen molar-refractivity contribution in [3.63, 3.8) is 0 Å². The molecule has 0 unspecified atom stereocenters. The van der Waals surface area contributed by atoms with Crippen LogP contribution in [0.5, 0.6) is 5.75 Å². The number of fused-ring (bicyclic) bond motifs is 1. The molecule has 0 saturated carbocycles. The number of methoxy groups -OCH3 is 1. The number of benzene rings is 2. The van der Waals surface area contributed by atoms with Crippen LogP contribution in [-0.2, 0) is 6.42 Å². The normalized spacial score (nSPS) is 11.2. The van der Waals surface area contributed by atoms with Crippen LogP contribution in [0.2, 0.25) is 5.02 Å². The van der Waals surface area contributed by atoms with Crippen molar-refractivity contribution in [2.45, 2.75) is 12.8 Å². The predicted molar refractivity (Wildman–Crippen MR) is 109 cm³/mol. The van der Waals surface area contributed by atoms with Crippen LogP contribution in [0.25, 0.3) is 26.6 Å². The third kappa shape index (κ3) is 3.56. The van der Waals surface area contributed by atoms with E-state index in [1.165, 1.54) is 0 Å². The second-order valence-corrected chi connectivity index (χ2v) is 7.52. The molecule has 0 fully saturated rings. The van der Waals surface area contributed by atoms with Crippen molar-refractivity contribution in [1.82, 2.24) is 14.8 Å². The number of aliphatic hydroxyl groups is 1. The van der Waals surface area contributed by atoms with E-state index in [1.54, 1.807) is 18.4 Å². The first-order chi connectivity index (χ1) is 13.2. The molecule has 0 aliphatic heterocycles. The number of aromatic nitrogens is 3. The molecule has 2 heterocycles. The molecule has 0 atom stereocenters. The number of hydrogen-bond acceptors (Lipinski definition) is 5. The van der Waals surface area contributed by atoms with Crippen molar-refractivity contribution in [3.8, 4) is 22.1 Å². The SMILES string of the molecule is COc1cccc2sc(-n3nc(CCCO)cc3-c3ccc(Cl)cc3)nc12. The van der Waals surface area contributed by atoms with E-state index in [1.807, 2.05) is 53.2 Å². The summed E-state index contributed by atoms with van der Waals surface area (Å²) in [6.07, 6.45) is 1.38. The molecule has 5 nitrogen and oxygen atoms in total. The Bertz CT molecular complexity index is 1070. The fourth-order valence-electron chi connectivity index (χ4n) is 2.95. The van der Waals surface area contributed by atoms with Gasteiger partial charge in [-0.3, -0.25) is 0 Å². The van der Waals surface area contributed by atoms with Gasteiger partial charge in [0.15, 0.2) is 0 Å². The van der Waals surface area contributed by atoms with E-state index < -0.39 is 0 Å². The Balaban J connectivity index is 1.85. The largest absolute Gasteiger partial charge is 0.494 e. The molecule has 0 bridgehead atoms. The Labute approximate surface area is 165 Å². The first-order valence-corrected chi connectivity index (χ1v) is 9.78. The summed E-state index contributed by atoms with van der Waals surface area (Å²) in [4.78, 5) is 4.77. The lowest BCUT2D eigenvalue weighted by molar-refractivity contribution is 0.288. The molecule has 0 radical (unpaired) electrons. The monoisotopic (exact) mass is 399 g/mol. The van der Waals surface area contributed by atoms with Crippen molar-refractivity contribution in [3.05, 3.63) is 59.2 Å². The predicted octanol–water partition coefficient (Wildman–Crippen LogP) is 4.74. The number of hydrogen-bond donors (Lipinski definition) is 1. The third-order valence-electron chi connectivity index (χ3n) is 4.26. The fourth-order valence-corrected chi connectivity index (χ4v) is 4.03. The van der Waals surface area contributed by atoms with E-state index in [-0.39, 0.29) is 6.61 Å². The summed E-state index contributed by atoms with van der Waals surface area (Å²) in [6, 6.07) is 15.6. The van der Waals surface area contributed by atoms with Crippen LogP contribution >= 0.6 is 22.9 Å². The van der Waals surface area contributed by atoms with Gasteiger partial charge in [0, 0.05) is 17.2 Å². The maximum absolute atomic E-state index is 9.15. The highest BCUT2D eigenvalue weighted by Gasteiger charge is 2.16. The number of halogens is 1. The summed E-state index contributed by atoms with van der Waals surface area (Å²) < 4.78 is 8.34. The van der Waals surface area contributed by atoms with E-state index >= 15 is 0 Å².